The van der Waals surface area contributed by atoms with Crippen molar-refractivity contribution in [1.82, 2.24) is 10.6 Å². The molecule has 1 amide bonds. The second-order valence-corrected chi connectivity index (χ2v) is 5.02. The first-order valence-electron chi connectivity index (χ1n) is 6.34. The van der Waals surface area contributed by atoms with E-state index in [-0.39, 0.29) is 23.7 Å². The third-order valence-electron chi connectivity index (χ3n) is 3.58. The maximum Gasteiger partial charge on any atom is 0.225 e. The van der Waals surface area contributed by atoms with Crippen LogP contribution in [0.1, 0.15) is 25.5 Å². The zero-order chi connectivity index (χ0) is 13.1. The molecule has 3 atom stereocenters. The van der Waals surface area contributed by atoms with Gasteiger partial charge in [-0.25, -0.2) is 4.39 Å². The SMILES string of the molecule is CC(NC(=O)C1CNCC1C)c1ccc(F)cc1. The number of benzene rings is 1. The predicted molar refractivity (Wildman–Crippen MR) is 68.5 cm³/mol. The van der Waals surface area contributed by atoms with Gasteiger partial charge in [-0.1, -0.05) is 19.1 Å². The van der Waals surface area contributed by atoms with E-state index in [1.54, 1.807) is 12.1 Å². The van der Waals surface area contributed by atoms with E-state index in [0.29, 0.717) is 5.92 Å². The van der Waals surface area contributed by atoms with Crippen LogP contribution in [0, 0.1) is 17.7 Å². The molecule has 1 aliphatic heterocycles. The molecule has 98 valence electrons. The van der Waals surface area contributed by atoms with Gasteiger partial charge in [0.05, 0.1) is 12.0 Å². The molecule has 18 heavy (non-hydrogen) atoms. The molecule has 0 aromatic heterocycles. The lowest BCUT2D eigenvalue weighted by Gasteiger charge is -2.19. The molecule has 2 rings (SSSR count). The molecule has 1 saturated heterocycles. The number of hydrogen-bond acceptors (Lipinski definition) is 2. The fourth-order valence-corrected chi connectivity index (χ4v) is 2.32. The predicted octanol–water partition coefficient (Wildman–Crippen LogP) is 1.86. The number of nitrogens with one attached hydrogen (secondary N) is 2. The molecule has 0 aliphatic carbocycles. The van der Waals surface area contributed by atoms with Crippen molar-refractivity contribution in [3.8, 4) is 0 Å². The molecule has 0 bridgehead atoms. The van der Waals surface area contributed by atoms with Gasteiger partial charge in [-0.15, -0.1) is 0 Å². The average molecular weight is 250 g/mol. The molecule has 0 saturated carbocycles. The highest BCUT2D eigenvalue weighted by Crippen LogP contribution is 2.18. The van der Waals surface area contributed by atoms with Gasteiger partial charge in [0.15, 0.2) is 0 Å². The van der Waals surface area contributed by atoms with E-state index in [9.17, 15) is 9.18 Å². The van der Waals surface area contributed by atoms with Gasteiger partial charge in [-0.3, -0.25) is 4.79 Å². The summed E-state index contributed by atoms with van der Waals surface area (Å²) >= 11 is 0. The number of hydrogen-bond donors (Lipinski definition) is 2. The summed E-state index contributed by atoms with van der Waals surface area (Å²) in [6.45, 7) is 5.62. The third-order valence-corrected chi connectivity index (χ3v) is 3.58. The van der Waals surface area contributed by atoms with E-state index in [1.807, 2.05) is 6.92 Å². The van der Waals surface area contributed by atoms with Crippen LogP contribution in [0.15, 0.2) is 24.3 Å². The monoisotopic (exact) mass is 250 g/mol. The highest BCUT2D eigenvalue weighted by atomic mass is 19.1. The Kier molecular flexibility index (Phi) is 3.97. The lowest BCUT2D eigenvalue weighted by atomic mass is 9.96. The number of amides is 1. The standard InChI is InChI=1S/C14H19FN2O/c1-9-7-16-8-13(9)14(18)17-10(2)11-3-5-12(15)6-4-11/h3-6,9-10,13,16H,7-8H2,1-2H3,(H,17,18). The van der Waals surface area contributed by atoms with E-state index >= 15 is 0 Å². The molecule has 4 heteroatoms. The van der Waals surface area contributed by atoms with E-state index in [4.69, 9.17) is 0 Å². The van der Waals surface area contributed by atoms with E-state index < -0.39 is 0 Å². The molecule has 2 N–H and O–H groups in total. The van der Waals surface area contributed by atoms with Crippen molar-refractivity contribution in [2.75, 3.05) is 13.1 Å². The minimum atomic E-state index is -0.258. The number of halogens is 1. The summed E-state index contributed by atoms with van der Waals surface area (Å²) in [6.07, 6.45) is 0. The van der Waals surface area contributed by atoms with E-state index in [2.05, 4.69) is 17.6 Å². The normalized spacial score (nSPS) is 24.8. The zero-order valence-corrected chi connectivity index (χ0v) is 10.7. The molecular weight excluding hydrogens is 231 g/mol. The fourth-order valence-electron chi connectivity index (χ4n) is 2.32. The van der Waals surface area contributed by atoms with Crippen molar-refractivity contribution in [2.45, 2.75) is 19.9 Å². The molecule has 1 aliphatic rings. The Morgan fingerprint density at radius 3 is 2.61 bits per heavy atom. The van der Waals surface area contributed by atoms with Crippen LogP contribution < -0.4 is 10.6 Å². The molecule has 3 nitrogen and oxygen atoms in total. The van der Waals surface area contributed by atoms with Crippen LogP contribution in [-0.2, 0) is 4.79 Å². The highest BCUT2D eigenvalue weighted by Gasteiger charge is 2.30. The maximum absolute atomic E-state index is 12.8. The smallest absolute Gasteiger partial charge is 0.225 e. The van der Waals surface area contributed by atoms with Gasteiger partial charge in [-0.05, 0) is 37.1 Å². The quantitative estimate of drug-likeness (QED) is 0.859. The fraction of sp³-hybridized carbons (Fsp3) is 0.500. The molecule has 1 aromatic carbocycles. The van der Waals surface area contributed by atoms with Crippen molar-refractivity contribution in [1.29, 1.82) is 0 Å². The summed E-state index contributed by atoms with van der Waals surface area (Å²) in [5.74, 6) is 0.216. The van der Waals surface area contributed by atoms with Crippen molar-refractivity contribution >= 4 is 5.91 Å². The Morgan fingerprint density at radius 2 is 2.06 bits per heavy atom. The number of carbonyl (C=O) groups excluding carboxylic acids is 1. The summed E-state index contributed by atoms with van der Waals surface area (Å²) in [5.41, 5.74) is 0.920. The first-order valence-corrected chi connectivity index (χ1v) is 6.34. The first-order chi connectivity index (χ1) is 8.58. The Balaban J connectivity index is 1.96. The Labute approximate surface area is 107 Å². The lowest BCUT2D eigenvalue weighted by molar-refractivity contribution is -0.126. The summed E-state index contributed by atoms with van der Waals surface area (Å²) in [7, 11) is 0. The van der Waals surface area contributed by atoms with Crippen LogP contribution in [0.3, 0.4) is 0 Å². The zero-order valence-electron chi connectivity index (χ0n) is 10.7. The van der Waals surface area contributed by atoms with Gasteiger partial charge in [0.25, 0.3) is 0 Å². The molecule has 0 spiro atoms. The summed E-state index contributed by atoms with van der Waals surface area (Å²) in [5, 5.41) is 6.20. The van der Waals surface area contributed by atoms with Crippen molar-refractivity contribution in [3.05, 3.63) is 35.6 Å². The van der Waals surface area contributed by atoms with E-state index in [1.165, 1.54) is 12.1 Å². The van der Waals surface area contributed by atoms with Crippen molar-refractivity contribution < 1.29 is 9.18 Å². The lowest BCUT2D eigenvalue weighted by Crippen LogP contribution is -2.35. The van der Waals surface area contributed by atoms with Gasteiger partial charge in [-0.2, -0.15) is 0 Å². The molecule has 0 radical (unpaired) electrons. The molecule has 1 heterocycles. The largest absolute Gasteiger partial charge is 0.349 e. The average Bonchev–Trinajstić information content (AvgIpc) is 2.76. The van der Waals surface area contributed by atoms with Crippen LogP contribution >= 0.6 is 0 Å². The Morgan fingerprint density at radius 1 is 1.39 bits per heavy atom. The highest BCUT2D eigenvalue weighted by molar-refractivity contribution is 5.80. The summed E-state index contributed by atoms with van der Waals surface area (Å²) in [4.78, 5) is 12.1. The van der Waals surface area contributed by atoms with Crippen LogP contribution in [0.4, 0.5) is 4.39 Å². The van der Waals surface area contributed by atoms with Gasteiger partial charge in [0.1, 0.15) is 5.82 Å². The molecule has 1 fully saturated rings. The van der Waals surface area contributed by atoms with Gasteiger partial charge in [0.2, 0.25) is 5.91 Å². The van der Waals surface area contributed by atoms with Crippen LogP contribution in [0.25, 0.3) is 0 Å². The van der Waals surface area contributed by atoms with E-state index in [0.717, 1.165) is 18.7 Å². The number of carbonyl (C=O) groups is 1. The minimum absolute atomic E-state index is 0.0351. The first kappa shape index (κ1) is 13.0. The van der Waals surface area contributed by atoms with Gasteiger partial charge < -0.3 is 10.6 Å². The van der Waals surface area contributed by atoms with Crippen molar-refractivity contribution in [3.63, 3.8) is 0 Å². The molecule has 1 aromatic rings. The van der Waals surface area contributed by atoms with Crippen molar-refractivity contribution in [2.24, 2.45) is 11.8 Å². The maximum atomic E-state index is 12.8. The topological polar surface area (TPSA) is 41.1 Å². The van der Waals surface area contributed by atoms with Crippen LogP contribution in [0.5, 0.6) is 0 Å². The van der Waals surface area contributed by atoms with Gasteiger partial charge >= 0.3 is 0 Å². The second-order valence-electron chi connectivity index (χ2n) is 5.02. The number of rotatable bonds is 3. The molecule has 3 unspecified atom stereocenters. The Hall–Kier alpha value is -1.42. The molecular formula is C14H19FN2O. The second kappa shape index (κ2) is 5.48. The third kappa shape index (κ3) is 2.88. The minimum Gasteiger partial charge on any atom is -0.349 e. The summed E-state index contributed by atoms with van der Waals surface area (Å²) < 4.78 is 12.8. The van der Waals surface area contributed by atoms with Crippen LogP contribution in [0.2, 0.25) is 0 Å². The Bertz CT molecular complexity index is 418. The van der Waals surface area contributed by atoms with Crippen LogP contribution in [-0.4, -0.2) is 19.0 Å². The summed E-state index contributed by atoms with van der Waals surface area (Å²) in [6, 6.07) is 6.15. The van der Waals surface area contributed by atoms with Gasteiger partial charge in [0, 0.05) is 6.54 Å².